The molecule has 2 fully saturated rings. The van der Waals surface area contributed by atoms with Crippen LogP contribution in [0.2, 0.25) is 0 Å². The van der Waals surface area contributed by atoms with Gasteiger partial charge in [-0.3, -0.25) is 0 Å². The summed E-state index contributed by atoms with van der Waals surface area (Å²) in [5.41, 5.74) is 0. The van der Waals surface area contributed by atoms with E-state index in [1.807, 2.05) is 0 Å². The summed E-state index contributed by atoms with van der Waals surface area (Å²) in [6.45, 7) is 3.55. The quantitative estimate of drug-likeness (QED) is 0.813. The van der Waals surface area contributed by atoms with Gasteiger partial charge in [0.2, 0.25) is 0 Å². The smallest absolute Gasteiger partial charge is 0.409 e. The minimum absolute atomic E-state index is 0.0872. The normalized spacial score (nSPS) is 27.4. The van der Waals surface area contributed by atoms with Gasteiger partial charge in [-0.2, -0.15) is 0 Å². The third kappa shape index (κ3) is 4.07. The Hall–Kier alpha value is -0.820. The second-order valence-corrected chi connectivity index (χ2v) is 7.46. The van der Waals surface area contributed by atoms with Crippen molar-refractivity contribution < 1.29 is 17.9 Å². The van der Waals surface area contributed by atoms with Crippen molar-refractivity contribution in [2.45, 2.75) is 38.3 Å². The summed E-state index contributed by atoms with van der Waals surface area (Å²) < 4.78 is 27.7. The molecule has 2 heterocycles. The van der Waals surface area contributed by atoms with Crippen LogP contribution in [-0.2, 0) is 14.6 Å². The number of nitrogens with one attached hydrogen (secondary N) is 1. The van der Waals surface area contributed by atoms with Crippen molar-refractivity contribution in [1.29, 1.82) is 0 Å². The largest absolute Gasteiger partial charge is 0.450 e. The summed E-state index contributed by atoms with van der Waals surface area (Å²) in [7, 11) is -2.82. The highest BCUT2D eigenvalue weighted by Gasteiger charge is 2.31. The molecule has 0 aliphatic carbocycles. The SMILES string of the molecule is CCOC(=O)N1CCC(NC2CCS(=O)(=O)C2)CC1. The molecule has 19 heavy (non-hydrogen) atoms. The molecular formula is C12H22N2O4S. The first kappa shape index (κ1) is 14.6. The maximum Gasteiger partial charge on any atom is 0.409 e. The summed E-state index contributed by atoms with van der Waals surface area (Å²) in [5, 5.41) is 3.41. The van der Waals surface area contributed by atoms with E-state index in [2.05, 4.69) is 5.32 Å². The van der Waals surface area contributed by atoms with Crippen LogP contribution >= 0.6 is 0 Å². The van der Waals surface area contributed by atoms with Crippen molar-refractivity contribution in [2.75, 3.05) is 31.2 Å². The Morgan fingerprint density at radius 2 is 1.95 bits per heavy atom. The molecule has 2 aliphatic heterocycles. The molecule has 1 amide bonds. The molecule has 7 heteroatoms. The number of amides is 1. The number of likely N-dealkylation sites (tertiary alicyclic amines) is 1. The predicted octanol–water partition coefficient (Wildman–Crippen LogP) is 0.384. The molecular weight excluding hydrogens is 268 g/mol. The van der Waals surface area contributed by atoms with E-state index in [1.165, 1.54) is 0 Å². The Balaban J connectivity index is 1.73. The lowest BCUT2D eigenvalue weighted by atomic mass is 10.0. The van der Waals surface area contributed by atoms with Gasteiger partial charge < -0.3 is 15.0 Å². The maximum absolute atomic E-state index is 11.5. The average molecular weight is 290 g/mol. The van der Waals surface area contributed by atoms with E-state index < -0.39 is 9.84 Å². The molecule has 2 aliphatic rings. The fourth-order valence-electron chi connectivity index (χ4n) is 2.70. The second kappa shape index (κ2) is 6.09. The molecule has 0 bridgehead atoms. The van der Waals surface area contributed by atoms with Crippen molar-refractivity contribution >= 4 is 15.9 Å². The molecule has 0 aromatic carbocycles. The summed E-state index contributed by atoms with van der Waals surface area (Å²) in [4.78, 5) is 13.3. The highest BCUT2D eigenvalue weighted by atomic mass is 32.2. The second-order valence-electron chi connectivity index (χ2n) is 5.23. The zero-order valence-corrected chi connectivity index (χ0v) is 12.1. The Kier molecular flexibility index (Phi) is 4.67. The lowest BCUT2D eigenvalue weighted by Gasteiger charge is -2.33. The summed E-state index contributed by atoms with van der Waals surface area (Å²) in [6, 6.07) is 0.396. The molecule has 0 aromatic heterocycles. The Bertz CT molecular complexity index is 415. The number of sulfone groups is 1. The van der Waals surface area contributed by atoms with Gasteiger partial charge in [-0.15, -0.1) is 0 Å². The molecule has 1 unspecified atom stereocenters. The van der Waals surface area contributed by atoms with Crippen molar-refractivity contribution in [1.82, 2.24) is 10.2 Å². The van der Waals surface area contributed by atoms with Gasteiger partial charge in [0.05, 0.1) is 18.1 Å². The number of piperidine rings is 1. The maximum atomic E-state index is 11.5. The summed E-state index contributed by atoms with van der Waals surface area (Å²) in [6.07, 6.45) is 2.18. The molecule has 2 rings (SSSR count). The third-order valence-electron chi connectivity index (χ3n) is 3.72. The van der Waals surface area contributed by atoms with Crippen LogP contribution in [0.4, 0.5) is 4.79 Å². The first-order valence-corrected chi connectivity index (χ1v) is 8.70. The van der Waals surface area contributed by atoms with Gasteiger partial charge in [-0.1, -0.05) is 0 Å². The van der Waals surface area contributed by atoms with Gasteiger partial charge >= 0.3 is 6.09 Å². The van der Waals surface area contributed by atoms with E-state index in [-0.39, 0.29) is 17.9 Å². The van der Waals surface area contributed by atoms with E-state index in [9.17, 15) is 13.2 Å². The van der Waals surface area contributed by atoms with Crippen LogP contribution < -0.4 is 5.32 Å². The van der Waals surface area contributed by atoms with Crippen molar-refractivity contribution in [3.05, 3.63) is 0 Å². The number of hydrogen-bond acceptors (Lipinski definition) is 5. The van der Waals surface area contributed by atoms with Gasteiger partial charge in [0.15, 0.2) is 9.84 Å². The molecule has 6 nitrogen and oxygen atoms in total. The van der Waals surface area contributed by atoms with E-state index in [0.717, 1.165) is 12.8 Å². The Labute approximate surface area is 114 Å². The van der Waals surface area contributed by atoms with Crippen LogP contribution in [0.15, 0.2) is 0 Å². The van der Waals surface area contributed by atoms with Gasteiger partial charge in [0, 0.05) is 25.2 Å². The van der Waals surface area contributed by atoms with Gasteiger partial charge in [0.25, 0.3) is 0 Å². The Morgan fingerprint density at radius 1 is 1.26 bits per heavy atom. The predicted molar refractivity (Wildman–Crippen MR) is 71.8 cm³/mol. The number of carbonyl (C=O) groups is 1. The van der Waals surface area contributed by atoms with Crippen molar-refractivity contribution in [3.8, 4) is 0 Å². The zero-order chi connectivity index (χ0) is 13.9. The molecule has 0 saturated carbocycles. The first-order chi connectivity index (χ1) is 9.00. The number of carbonyl (C=O) groups excluding carboxylic acids is 1. The van der Waals surface area contributed by atoms with Gasteiger partial charge in [-0.05, 0) is 26.2 Å². The minimum Gasteiger partial charge on any atom is -0.450 e. The van der Waals surface area contributed by atoms with Crippen molar-refractivity contribution in [2.24, 2.45) is 0 Å². The van der Waals surface area contributed by atoms with E-state index in [4.69, 9.17) is 4.74 Å². The van der Waals surface area contributed by atoms with E-state index in [1.54, 1.807) is 11.8 Å². The van der Waals surface area contributed by atoms with Crippen LogP contribution in [0, 0.1) is 0 Å². The molecule has 0 spiro atoms. The lowest BCUT2D eigenvalue weighted by Crippen LogP contribution is -2.48. The van der Waals surface area contributed by atoms with Crippen LogP contribution in [-0.4, -0.2) is 62.7 Å². The van der Waals surface area contributed by atoms with Crippen molar-refractivity contribution in [3.63, 3.8) is 0 Å². The van der Waals surface area contributed by atoms with Crippen LogP contribution in [0.5, 0.6) is 0 Å². The highest BCUT2D eigenvalue weighted by Crippen LogP contribution is 2.16. The summed E-state index contributed by atoms with van der Waals surface area (Å²) >= 11 is 0. The topological polar surface area (TPSA) is 75.7 Å². The van der Waals surface area contributed by atoms with E-state index >= 15 is 0 Å². The Morgan fingerprint density at radius 3 is 2.47 bits per heavy atom. The minimum atomic E-state index is -2.82. The molecule has 0 radical (unpaired) electrons. The fourth-order valence-corrected chi connectivity index (χ4v) is 4.39. The fraction of sp³-hybridized carbons (Fsp3) is 0.917. The monoisotopic (exact) mass is 290 g/mol. The third-order valence-corrected chi connectivity index (χ3v) is 5.49. The highest BCUT2D eigenvalue weighted by molar-refractivity contribution is 7.91. The number of nitrogens with zero attached hydrogens (tertiary/aromatic N) is 1. The molecule has 110 valence electrons. The summed E-state index contributed by atoms with van der Waals surface area (Å²) in [5.74, 6) is 0.553. The number of ether oxygens (including phenoxy) is 1. The van der Waals surface area contributed by atoms with Crippen LogP contribution in [0.3, 0.4) is 0 Å². The lowest BCUT2D eigenvalue weighted by molar-refractivity contribution is 0.0944. The molecule has 2 saturated heterocycles. The number of hydrogen-bond donors (Lipinski definition) is 1. The average Bonchev–Trinajstić information content (AvgIpc) is 2.70. The standard InChI is InChI=1S/C12H22N2O4S/c1-2-18-12(15)14-6-3-10(4-7-14)13-11-5-8-19(16,17)9-11/h10-11,13H,2-9H2,1H3. The van der Waals surface area contributed by atoms with Crippen LogP contribution in [0.25, 0.3) is 0 Å². The number of rotatable bonds is 3. The molecule has 1 atom stereocenters. The van der Waals surface area contributed by atoms with Gasteiger partial charge in [-0.25, -0.2) is 13.2 Å². The van der Waals surface area contributed by atoms with Crippen LogP contribution in [0.1, 0.15) is 26.2 Å². The van der Waals surface area contributed by atoms with Gasteiger partial charge in [0.1, 0.15) is 0 Å². The first-order valence-electron chi connectivity index (χ1n) is 6.88. The zero-order valence-electron chi connectivity index (χ0n) is 11.3. The molecule has 0 aromatic rings. The molecule has 1 N–H and O–H groups in total. The van der Waals surface area contributed by atoms with E-state index in [0.29, 0.717) is 37.9 Å².